The minimum atomic E-state index is -1.69. The van der Waals surface area contributed by atoms with Crippen LogP contribution in [-0.2, 0) is 14.4 Å². The number of hydrogen-bond donors (Lipinski definition) is 2. The minimum absolute atomic E-state index is 0.0699. The number of halogens is 1. The number of quaternary nitrogens is 1. The lowest BCUT2D eigenvalue weighted by atomic mass is 9.70. The topological polar surface area (TPSA) is 92.7 Å². The van der Waals surface area contributed by atoms with Crippen molar-refractivity contribution in [3.05, 3.63) is 70.7 Å². The molecule has 2 aliphatic rings. The highest BCUT2D eigenvalue weighted by Gasteiger charge is 2.69. The smallest absolute Gasteiger partial charge is 0.367 e. The lowest BCUT2D eigenvalue weighted by Crippen LogP contribution is -2.80. The quantitative estimate of drug-likeness (QED) is 0.320. The third-order valence-corrected chi connectivity index (χ3v) is 10.3. The number of methoxy groups -OCH3 is 1. The predicted molar refractivity (Wildman–Crippen MR) is 169 cm³/mol. The molecule has 0 spiro atoms. The second-order valence-corrected chi connectivity index (χ2v) is 14.1. The maximum atomic E-state index is 14.9. The van der Waals surface area contributed by atoms with Crippen LogP contribution in [0.4, 0.5) is 5.69 Å². The Morgan fingerprint density at radius 2 is 1.83 bits per heavy atom. The van der Waals surface area contributed by atoms with Gasteiger partial charge >= 0.3 is 11.9 Å². The van der Waals surface area contributed by atoms with Crippen molar-refractivity contribution in [1.29, 1.82) is 0 Å². The van der Waals surface area contributed by atoms with Crippen molar-refractivity contribution in [3.63, 3.8) is 0 Å². The molecule has 0 bridgehead atoms. The Morgan fingerprint density at radius 3 is 2.48 bits per heavy atom. The number of piperidine rings is 1. The van der Waals surface area contributed by atoms with E-state index in [4.69, 9.17) is 16.3 Å². The van der Waals surface area contributed by atoms with Crippen molar-refractivity contribution in [2.45, 2.75) is 44.9 Å². The molecule has 0 aromatic heterocycles. The Kier molecular flexibility index (Phi) is 8.22. The minimum Gasteiger partial charge on any atom is -0.496 e. The number of rotatable bonds is 6. The number of ether oxygens (including phenoxy) is 1. The summed E-state index contributed by atoms with van der Waals surface area (Å²) in [6, 6.07) is 17.4. The third kappa shape index (κ3) is 4.82. The predicted octanol–water partition coefficient (Wildman–Crippen LogP) is 6.24. The van der Waals surface area contributed by atoms with E-state index in [1.165, 1.54) is 18.7 Å². The van der Waals surface area contributed by atoms with Crippen LogP contribution >= 0.6 is 23.4 Å². The van der Waals surface area contributed by atoms with E-state index in [9.17, 15) is 19.5 Å². The van der Waals surface area contributed by atoms with Crippen molar-refractivity contribution < 1.29 is 24.2 Å². The van der Waals surface area contributed by atoms with Crippen molar-refractivity contribution in [3.8, 4) is 5.75 Å². The van der Waals surface area contributed by atoms with Gasteiger partial charge in [-0.3, -0.25) is 4.79 Å². The number of carboxylic acids is 1. The fourth-order valence-electron chi connectivity index (χ4n) is 7.22. The van der Waals surface area contributed by atoms with Crippen LogP contribution in [0.5, 0.6) is 5.75 Å². The van der Waals surface area contributed by atoms with E-state index in [0.717, 1.165) is 27.6 Å². The summed E-state index contributed by atoms with van der Waals surface area (Å²) < 4.78 is 5.21. The number of thioether (sulfide) groups is 1. The molecular weight excluding hydrogens is 572 g/mol. The average molecular weight is 610 g/mol. The molecule has 1 unspecified atom stereocenters. The van der Waals surface area contributed by atoms with Gasteiger partial charge in [-0.15, -0.1) is 11.8 Å². The second kappa shape index (κ2) is 11.3. The largest absolute Gasteiger partial charge is 0.496 e. The highest BCUT2D eigenvalue weighted by atomic mass is 35.5. The van der Waals surface area contributed by atoms with Crippen LogP contribution < -0.4 is 14.5 Å². The van der Waals surface area contributed by atoms with Gasteiger partial charge in [-0.2, -0.15) is 0 Å². The summed E-state index contributed by atoms with van der Waals surface area (Å²) in [5.41, 5.74) is 0.227. The third-order valence-electron chi connectivity index (χ3n) is 8.76. The summed E-state index contributed by atoms with van der Waals surface area (Å²) in [4.78, 5) is 41.9. The standard InChI is InChI=1S/C33H37ClN2O5S/c1-20(37)26-17-35-15-14-33(26,31(39)40)36(19-32(2,3)4)27-12-10-21(34)16-25(27)30(42-18-29(36)38)24-11-13-28(41-5)23-9-7-6-8-22(23)24/h6-13,16,26,30,35H,14-15,17-19H2,1-5H3/p+1/t26-,30?,33+,36+/m1/s1. The number of amides is 1. The van der Waals surface area contributed by atoms with E-state index in [0.29, 0.717) is 17.3 Å². The van der Waals surface area contributed by atoms with Gasteiger partial charge in [-0.1, -0.05) is 62.7 Å². The van der Waals surface area contributed by atoms with Crippen molar-refractivity contribution in [2.75, 3.05) is 32.5 Å². The maximum absolute atomic E-state index is 14.9. The highest BCUT2D eigenvalue weighted by Crippen LogP contribution is 2.54. The van der Waals surface area contributed by atoms with Gasteiger partial charge in [0.15, 0.2) is 0 Å². The van der Waals surface area contributed by atoms with Crippen molar-refractivity contribution in [2.24, 2.45) is 11.3 Å². The first-order valence-electron chi connectivity index (χ1n) is 14.2. The molecule has 0 saturated carbocycles. The van der Waals surface area contributed by atoms with E-state index in [2.05, 4.69) is 5.32 Å². The molecule has 2 heterocycles. The van der Waals surface area contributed by atoms with E-state index in [-0.39, 0.29) is 42.2 Å². The number of ketones is 1. The Labute approximate surface area is 256 Å². The summed E-state index contributed by atoms with van der Waals surface area (Å²) >= 11 is 8.15. The van der Waals surface area contributed by atoms with E-state index in [1.807, 2.05) is 69.3 Å². The number of carbonyl (C=O) groups excluding carboxylic acids is 2. The molecule has 1 amide bonds. The van der Waals surface area contributed by atoms with Gasteiger partial charge in [0.05, 0.1) is 24.8 Å². The summed E-state index contributed by atoms with van der Waals surface area (Å²) in [5, 5.41) is 16.5. The zero-order valence-electron chi connectivity index (χ0n) is 24.7. The fraction of sp³-hybridized carbons (Fsp3) is 0.424. The number of aliphatic carboxylic acids is 1. The summed E-state index contributed by atoms with van der Waals surface area (Å²) in [6.07, 6.45) is 0.136. The second-order valence-electron chi connectivity index (χ2n) is 12.6. The van der Waals surface area contributed by atoms with E-state index < -0.39 is 27.3 Å². The first-order valence-corrected chi connectivity index (χ1v) is 15.6. The molecule has 9 heteroatoms. The molecule has 7 nitrogen and oxygen atoms in total. The van der Waals surface area contributed by atoms with E-state index >= 15 is 0 Å². The van der Waals surface area contributed by atoms with Crippen LogP contribution in [0.1, 0.15) is 50.5 Å². The van der Waals surface area contributed by atoms with E-state index in [1.54, 1.807) is 13.2 Å². The number of carbonyl (C=O) groups is 3. The van der Waals surface area contributed by atoms with Crippen LogP contribution in [0.2, 0.25) is 5.02 Å². The van der Waals surface area contributed by atoms with Crippen LogP contribution in [0, 0.1) is 11.3 Å². The van der Waals surface area contributed by atoms with Gasteiger partial charge in [0.1, 0.15) is 23.0 Å². The van der Waals surface area contributed by atoms with Crippen LogP contribution in [0.3, 0.4) is 0 Å². The number of Topliss-reactive ketones (excluding diaryl/α,β-unsaturated/α-hetero) is 1. The van der Waals surface area contributed by atoms with Crippen molar-refractivity contribution >= 4 is 57.5 Å². The SMILES string of the molecule is COc1ccc(C2SCC(=O)[N@@+](CC(C)(C)C)([C@@]3(C(=O)O)CCNC[C@@H]3C(C)=O)c3ccc(Cl)cc32)c2ccccc12. The molecule has 4 atom stereocenters. The molecular formula is C33H38ClN2O5S+. The number of benzene rings is 3. The van der Waals surface area contributed by atoms with Gasteiger partial charge in [0, 0.05) is 47.0 Å². The van der Waals surface area contributed by atoms with Gasteiger partial charge in [0.25, 0.3) is 0 Å². The number of carboxylic acid groups (broad SMARTS) is 1. The van der Waals surface area contributed by atoms with Gasteiger partial charge < -0.3 is 15.2 Å². The molecule has 42 heavy (non-hydrogen) atoms. The Morgan fingerprint density at radius 1 is 1.12 bits per heavy atom. The molecule has 2 N–H and O–H groups in total. The molecule has 222 valence electrons. The first kappa shape index (κ1) is 30.5. The summed E-state index contributed by atoms with van der Waals surface area (Å²) in [7, 11) is 1.64. The molecule has 3 aromatic carbocycles. The molecule has 5 rings (SSSR count). The zero-order valence-corrected chi connectivity index (χ0v) is 26.3. The molecule has 0 radical (unpaired) electrons. The number of nitrogens with one attached hydrogen (secondary N) is 1. The van der Waals surface area contributed by atoms with Gasteiger partial charge in [-0.05, 0) is 36.1 Å². The van der Waals surface area contributed by atoms with Crippen LogP contribution in [-0.4, -0.2) is 60.8 Å². The Hall–Kier alpha value is -2.91. The van der Waals surface area contributed by atoms with Crippen LogP contribution in [0.15, 0.2) is 54.6 Å². The number of hydrogen-bond acceptors (Lipinski definition) is 6. The molecule has 3 aromatic rings. The van der Waals surface area contributed by atoms with Gasteiger partial charge in [-0.25, -0.2) is 14.1 Å². The fourth-order valence-corrected chi connectivity index (χ4v) is 8.68. The lowest BCUT2D eigenvalue weighted by molar-refractivity contribution is -0.167. The Bertz CT molecular complexity index is 1570. The number of nitrogens with zero attached hydrogens (tertiary/aromatic N) is 1. The normalized spacial score (nSPS) is 26.4. The molecule has 0 aliphatic carbocycles. The maximum Gasteiger partial charge on any atom is 0.367 e. The highest BCUT2D eigenvalue weighted by molar-refractivity contribution is 8.00. The van der Waals surface area contributed by atoms with Gasteiger partial charge in [0.2, 0.25) is 5.54 Å². The summed E-state index contributed by atoms with van der Waals surface area (Å²) in [5.74, 6) is -1.66. The Balaban J connectivity index is 1.89. The first-order chi connectivity index (χ1) is 19.9. The lowest BCUT2D eigenvalue weighted by Gasteiger charge is -2.54. The zero-order chi connectivity index (χ0) is 30.4. The summed E-state index contributed by atoms with van der Waals surface area (Å²) in [6.45, 7) is 8.28. The average Bonchev–Trinajstić information content (AvgIpc) is 3.06. The number of fused-ring (bicyclic) bond motifs is 2. The monoisotopic (exact) mass is 609 g/mol. The van der Waals surface area contributed by atoms with Crippen LogP contribution in [0.25, 0.3) is 10.8 Å². The van der Waals surface area contributed by atoms with Crippen molar-refractivity contribution in [1.82, 2.24) is 9.80 Å². The molecule has 2 aliphatic heterocycles. The molecule has 1 saturated heterocycles. The molecule has 1 fully saturated rings.